The number of esters is 1. The first-order valence-electron chi connectivity index (χ1n) is 13.0. The summed E-state index contributed by atoms with van der Waals surface area (Å²) in [6, 6.07) is 31.9. The maximum Gasteiger partial charge on any atom is 0.343 e. The van der Waals surface area contributed by atoms with Crippen LogP contribution in [0.5, 0.6) is 5.75 Å². The SMILES string of the molecule is COC1C=Cc2cccc(N3CCN(c4ccc(OC(=O)c5ccc(-c6ccccc6)cc5)cc4)CC3)c21. The van der Waals surface area contributed by atoms with E-state index in [-0.39, 0.29) is 12.1 Å². The summed E-state index contributed by atoms with van der Waals surface area (Å²) in [4.78, 5) is 17.5. The molecule has 4 aromatic carbocycles. The zero-order chi connectivity index (χ0) is 25.9. The first kappa shape index (κ1) is 24.0. The maximum atomic E-state index is 12.7. The summed E-state index contributed by atoms with van der Waals surface area (Å²) >= 11 is 0. The van der Waals surface area contributed by atoms with Crippen LogP contribution in [0.25, 0.3) is 17.2 Å². The molecule has 4 aromatic rings. The van der Waals surface area contributed by atoms with Gasteiger partial charge >= 0.3 is 5.97 Å². The van der Waals surface area contributed by atoms with Gasteiger partial charge in [0.15, 0.2) is 0 Å². The van der Waals surface area contributed by atoms with Gasteiger partial charge in [-0.15, -0.1) is 0 Å². The minimum Gasteiger partial charge on any atom is -0.423 e. The highest BCUT2D eigenvalue weighted by molar-refractivity contribution is 5.91. The van der Waals surface area contributed by atoms with Crippen LogP contribution in [-0.2, 0) is 4.74 Å². The largest absolute Gasteiger partial charge is 0.423 e. The molecule has 0 spiro atoms. The molecule has 5 nitrogen and oxygen atoms in total. The molecule has 0 radical (unpaired) electrons. The van der Waals surface area contributed by atoms with Crippen molar-refractivity contribution in [2.24, 2.45) is 0 Å². The number of methoxy groups -OCH3 is 1. The number of fused-ring (bicyclic) bond motifs is 1. The average Bonchev–Trinajstić information content (AvgIpc) is 3.42. The van der Waals surface area contributed by atoms with E-state index in [0.29, 0.717) is 11.3 Å². The van der Waals surface area contributed by atoms with Crippen LogP contribution < -0.4 is 14.5 Å². The molecule has 0 bridgehead atoms. The monoisotopic (exact) mass is 502 g/mol. The lowest BCUT2D eigenvalue weighted by Crippen LogP contribution is -2.46. The fourth-order valence-corrected chi connectivity index (χ4v) is 5.31. The third kappa shape index (κ3) is 4.81. The van der Waals surface area contributed by atoms with Gasteiger partial charge in [-0.2, -0.15) is 0 Å². The van der Waals surface area contributed by atoms with E-state index in [1.54, 1.807) is 7.11 Å². The predicted octanol–water partition coefficient (Wildman–Crippen LogP) is 6.61. The lowest BCUT2D eigenvalue weighted by molar-refractivity contribution is 0.0735. The number of carbonyl (C=O) groups is 1. The van der Waals surface area contributed by atoms with Gasteiger partial charge in [-0.3, -0.25) is 0 Å². The molecule has 1 aliphatic carbocycles. The Hall–Kier alpha value is -4.35. The highest BCUT2D eigenvalue weighted by Crippen LogP contribution is 2.38. The fourth-order valence-electron chi connectivity index (χ4n) is 5.31. The highest BCUT2D eigenvalue weighted by atomic mass is 16.5. The zero-order valence-corrected chi connectivity index (χ0v) is 21.4. The molecule has 2 aliphatic rings. The van der Waals surface area contributed by atoms with Crippen molar-refractivity contribution in [2.45, 2.75) is 6.10 Å². The lowest BCUT2D eigenvalue weighted by Gasteiger charge is -2.38. The van der Waals surface area contributed by atoms with Crippen molar-refractivity contribution in [2.75, 3.05) is 43.1 Å². The molecule has 1 unspecified atom stereocenters. The molecule has 5 heteroatoms. The normalized spacial score (nSPS) is 16.4. The molecule has 1 saturated heterocycles. The summed E-state index contributed by atoms with van der Waals surface area (Å²) in [5.41, 5.74) is 7.62. The second-order valence-electron chi connectivity index (χ2n) is 9.60. The van der Waals surface area contributed by atoms with Gasteiger partial charge in [0.2, 0.25) is 0 Å². The van der Waals surface area contributed by atoms with Gasteiger partial charge in [0, 0.05) is 50.2 Å². The molecule has 1 heterocycles. The summed E-state index contributed by atoms with van der Waals surface area (Å²) < 4.78 is 11.3. The van der Waals surface area contributed by atoms with Gasteiger partial charge in [-0.1, -0.05) is 66.7 Å². The molecule has 0 amide bonds. The van der Waals surface area contributed by atoms with Crippen LogP contribution in [0.4, 0.5) is 11.4 Å². The van der Waals surface area contributed by atoms with Gasteiger partial charge in [0.05, 0.1) is 5.56 Å². The van der Waals surface area contributed by atoms with E-state index >= 15 is 0 Å². The molecular formula is C33H30N2O3. The Kier molecular flexibility index (Phi) is 6.67. The van der Waals surface area contributed by atoms with Crippen molar-refractivity contribution in [1.29, 1.82) is 0 Å². The first-order chi connectivity index (χ1) is 18.7. The van der Waals surface area contributed by atoms with Gasteiger partial charge in [-0.25, -0.2) is 4.79 Å². The Morgan fingerprint density at radius 1 is 0.737 bits per heavy atom. The smallest absolute Gasteiger partial charge is 0.343 e. The molecule has 38 heavy (non-hydrogen) atoms. The van der Waals surface area contributed by atoms with E-state index < -0.39 is 0 Å². The third-order valence-electron chi connectivity index (χ3n) is 7.37. The minimum atomic E-state index is -0.356. The second kappa shape index (κ2) is 10.6. The van der Waals surface area contributed by atoms with Crippen molar-refractivity contribution in [1.82, 2.24) is 0 Å². The number of rotatable bonds is 6. The van der Waals surface area contributed by atoms with E-state index in [2.05, 4.69) is 52.3 Å². The molecule has 0 N–H and O–H groups in total. The van der Waals surface area contributed by atoms with Crippen LogP contribution in [0.15, 0.2) is 103 Å². The third-order valence-corrected chi connectivity index (χ3v) is 7.37. The Morgan fingerprint density at radius 2 is 1.42 bits per heavy atom. The number of anilines is 2. The number of piperazine rings is 1. The number of ether oxygens (including phenoxy) is 2. The van der Waals surface area contributed by atoms with E-state index in [4.69, 9.17) is 9.47 Å². The second-order valence-corrected chi connectivity index (χ2v) is 9.60. The molecular weight excluding hydrogens is 472 g/mol. The lowest BCUT2D eigenvalue weighted by atomic mass is 10.0. The van der Waals surface area contributed by atoms with E-state index in [0.717, 1.165) is 43.0 Å². The Labute approximate surface area is 223 Å². The summed E-state index contributed by atoms with van der Waals surface area (Å²) in [6.07, 6.45) is 4.30. The van der Waals surface area contributed by atoms with Crippen molar-refractivity contribution < 1.29 is 14.3 Å². The van der Waals surface area contributed by atoms with E-state index in [9.17, 15) is 4.79 Å². The van der Waals surface area contributed by atoms with Crippen molar-refractivity contribution in [3.63, 3.8) is 0 Å². The molecule has 1 aliphatic heterocycles. The van der Waals surface area contributed by atoms with Crippen LogP contribution in [0.2, 0.25) is 0 Å². The van der Waals surface area contributed by atoms with Crippen LogP contribution in [0.3, 0.4) is 0 Å². The predicted molar refractivity (Wildman–Crippen MR) is 153 cm³/mol. The minimum absolute atomic E-state index is 0.0243. The Bertz CT molecular complexity index is 1440. The summed E-state index contributed by atoms with van der Waals surface area (Å²) in [7, 11) is 1.77. The summed E-state index contributed by atoms with van der Waals surface area (Å²) in [5.74, 6) is 0.188. The molecule has 190 valence electrons. The summed E-state index contributed by atoms with van der Waals surface area (Å²) in [5, 5.41) is 0. The molecule has 1 atom stereocenters. The van der Waals surface area contributed by atoms with Crippen LogP contribution in [0, 0.1) is 0 Å². The molecule has 6 rings (SSSR count). The number of hydrogen-bond acceptors (Lipinski definition) is 5. The van der Waals surface area contributed by atoms with Gasteiger partial charge in [-0.05, 0) is 59.2 Å². The summed E-state index contributed by atoms with van der Waals surface area (Å²) in [6.45, 7) is 3.70. The Balaban J connectivity index is 1.06. The number of benzene rings is 4. The fraction of sp³-hybridized carbons (Fsp3) is 0.182. The zero-order valence-electron chi connectivity index (χ0n) is 21.4. The number of hydrogen-bond donors (Lipinski definition) is 0. The van der Waals surface area contributed by atoms with Gasteiger partial charge < -0.3 is 19.3 Å². The number of carbonyl (C=O) groups excluding carboxylic acids is 1. The average molecular weight is 503 g/mol. The quantitative estimate of drug-likeness (QED) is 0.219. The van der Waals surface area contributed by atoms with Crippen LogP contribution >= 0.6 is 0 Å². The highest BCUT2D eigenvalue weighted by Gasteiger charge is 2.25. The maximum absolute atomic E-state index is 12.7. The first-order valence-corrected chi connectivity index (χ1v) is 13.0. The van der Waals surface area contributed by atoms with E-state index in [1.807, 2.05) is 66.7 Å². The van der Waals surface area contributed by atoms with E-state index in [1.165, 1.54) is 16.8 Å². The standard InChI is InChI=1S/C33H30N2O3/c1-37-31-19-14-26-8-5-9-30(32(26)31)35-22-20-34(21-23-35)28-15-17-29(18-16-28)38-33(36)27-12-10-25(11-13-27)24-6-3-2-4-7-24/h2-19,31H,20-23H2,1H3. The topological polar surface area (TPSA) is 42.0 Å². The molecule has 1 fully saturated rings. The number of nitrogens with zero attached hydrogens (tertiary/aromatic N) is 2. The molecule has 0 aromatic heterocycles. The Morgan fingerprint density at radius 3 is 2.13 bits per heavy atom. The van der Waals surface area contributed by atoms with Crippen molar-refractivity contribution >= 4 is 23.4 Å². The van der Waals surface area contributed by atoms with Crippen LogP contribution in [-0.4, -0.2) is 39.3 Å². The van der Waals surface area contributed by atoms with Gasteiger partial charge in [0.25, 0.3) is 0 Å². The van der Waals surface area contributed by atoms with Gasteiger partial charge in [0.1, 0.15) is 11.9 Å². The van der Waals surface area contributed by atoms with Crippen molar-refractivity contribution in [3.05, 3.63) is 120 Å². The van der Waals surface area contributed by atoms with Crippen LogP contribution in [0.1, 0.15) is 27.6 Å². The van der Waals surface area contributed by atoms with Crippen molar-refractivity contribution in [3.8, 4) is 16.9 Å². The molecule has 0 saturated carbocycles.